The van der Waals surface area contributed by atoms with Gasteiger partial charge in [-0.05, 0) is 34.5 Å². The zero-order valence-electron chi connectivity index (χ0n) is 7.50. The van der Waals surface area contributed by atoms with Crippen LogP contribution in [0.3, 0.4) is 0 Å². The van der Waals surface area contributed by atoms with Crippen LogP contribution < -0.4 is 5.32 Å². The van der Waals surface area contributed by atoms with Crippen LogP contribution in [0.4, 0.5) is 0 Å². The van der Waals surface area contributed by atoms with Crippen LogP contribution in [0.2, 0.25) is 0 Å². The molecule has 0 fully saturated rings. The van der Waals surface area contributed by atoms with Gasteiger partial charge in [-0.15, -0.1) is 0 Å². The summed E-state index contributed by atoms with van der Waals surface area (Å²) in [5, 5.41) is 11.9. The summed E-state index contributed by atoms with van der Waals surface area (Å²) >= 11 is 3.35. The summed E-state index contributed by atoms with van der Waals surface area (Å²) in [5.41, 5.74) is 1.11. The molecule has 0 aliphatic heterocycles. The summed E-state index contributed by atoms with van der Waals surface area (Å²) in [6.07, 6.45) is 3.56. The number of nitrogens with one attached hydrogen (secondary N) is 1. The molecule has 0 bridgehead atoms. The number of aliphatic hydroxyl groups is 1. The Bertz CT molecular complexity index is 268. The molecule has 0 aliphatic rings. The molecule has 0 radical (unpaired) electrons. The van der Waals surface area contributed by atoms with Gasteiger partial charge in [0, 0.05) is 29.5 Å². The molecule has 0 aromatic carbocycles. The molecule has 2 N–H and O–H groups in total. The molecule has 1 atom stereocenters. The van der Waals surface area contributed by atoms with Crippen molar-refractivity contribution in [2.24, 2.45) is 0 Å². The fraction of sp³-hybridized carbons (Fsp3) is 0.444. The van der Waals surface area contributed by atoms with Crippen molar-refractivity contribution in [2.45, 2.75) is 19.5 Å². The zero-order valence-corrected chi connectivity index (χ0v) is 9.08. The molecule has 0 aliphatic carbocycles. The smallest absolute Gasteiger partial charge is 0.0582 e. The molecule has 0 amide bonds. The predicted octanol–water partition coefficient (Wildman–Crippen LogP) is 1.31. The average molecular weight is 245 g/mol. The van der Waals surface area contributed by atoms with Crippen molar-refractivity contribution in [3.63, 3.8) is 0 Å². The van der Waals surface area contributed by atoms with Crippen molar-refractivity contribution in [1.29, 1.82) is 0 Å². The van der Waals surface area contributed by atoms with Crippen LogP contribution in [0, 0.1) is 0 Å². The summed E-state index contributed by atoms with van der Waals surface area (Å²) in [5.74, 6) is 0. The third kappa shape index (κ3) is 3.85. The Balaban J connectivity index is 2.45. The van der Waals surface area contributed by atoms with E-state index in [2.05, 4.69) is 26.2 Å². The van der Waals surface area contributed by atoms with Crippen molar-refractivity contribution >= 4 is 15.9 Å². The van der Waals surface area contributed by atoms with Gasteiger partial charge in [0.1, 0.15) is 0 Å². The van der Waals surface area contributed by atoms with Gasteiger partial charge in [0.15, 0.2) is 0 Å². The van der Waals surface area contributed by atoms with E-state index < -0.39 is 0 Å². The lowest BCUT2D eigenvalue weighted by molar-refractivity contribution is 0.251. The number of pyridine rings is 1. The first-order chi connectivity index (χ1) is 6.22. The SMILES string of the molecule is CC(CO)NCc1cncc(Br)c1. The largest absolute Gasteiger partial charge is 0.395 e. The number of halogens is 1. The Hall–Kier alpha value is -0.450. The van der Waals surface area contributed by atoms with Crippen LogP contribution in [-0.4, -0.2) is 22.7 Å². The van der Waals surface area contributed by atoms with Gasteiger partial charge >= 0.3 is 0 Å². The van der Waals surface area contributed by atoms with Gasteiger partial charge in [-0.1, -0.05) is 0 Å². The number of nitrogens with zero attached hydrogens (tertiary/aromatic N) is 1. The molecule has 1 aromatic heterocycles. The summed E-state index contributed by atoms with van der Waals surface area (Å²) in [4.78, 5) is 4.04. The van der Waals surface area contributed by atoms with Crippen LogP contribution in [0.25, 0.3) is 0 Å². The third-order valence-electron chi connectivity index (χ3n) is 1.69. The minimum atomic E-state index is 0.124. The fourth-order valence-corrected chi connectivity index (χ4v) is 1.32. The normalized spacial score (nSPS) is 12.8. The molecule has 0 saturated heterocycles. The quantitative estimate of drug-likeness (QED) is 0.840. The van der Waals surface area contributed by atoms with Crippen LogP contribution in [0.1, 0.15) is 12.5 Å². The molecule has 0 spiro atoms. The molecule has 4 heteroatoms. The molecular formula is C9H13BrN2O. The zero-order chi connectivity index (χ0) is 9.68. The van der Waals surface area contributed by atoms with Gasteiger partial charge in [-0.25, -0.2) is 0 Å². The third-order valence-corrected chi connectivity index (χ3v) is 2.12. The van der Waals surface area contributed by atoms with E-state index in [0.717, 1.165) is 16.6 Å². The Morgan fingerprint density at radius 1 is 1.62 bits per heavy atom. The minimum Gasteiger partial charge on any atom is -0.395 e. The van der Waals surface area contributed by atoms with E-state index in [4.69, 9.17) is 5.11 Å². The second-order valence-corrected chi connectivity index (χ2v) is 3.89. The van der Waals surface area contributed by atoms with E-state index in [1.54, 1.807) is 6.20 Å². The topological polar surface area (TPSA) is 45.1 Å². The summed E-state index contributed by atoms with van der Waals surface area (Å²) < 4.78 is 0.975. The highest BCUT2D eigenvalue weighted by Gasteiger charge is 1.99. The van der Waals surface area contributed by atoms with E-state index in [9.17, 15) is 0 Å². The highest BCUT2D eigenvalue weighted by molar-refractivity contribution is 9.10. The van der Waals surface area contributed by atoms with Crippen molar-refractivity contribution in [3.8, 4) is 0 Å². The second kappa shape index (κ2) is 5.32. The summed E-state index contributed by atoms with van der Waals surface area (Å²) in [7, 11) is 0. The number of hydrogen-bond acceptors (Lipinski definition) is 3. The van der Waals surface area contributed by atoms with E-state index in [-0.39, 0.29) is 12.6 Å². The van der Waals surface area contributed by atoms with E-state index >= 15 is 0 Å². The number of rotatable bonds is 4. The fourth-order valence-electron chi connectivity index (χ4n) is 0.909. The highest BCUT2D eigenvalue weighted by Crippen LogP contribution is 2.09. The van der Waals surface area contributed by atoms with Crippen LogP contribution in [0.15, 0.2) is 22.9 Å². The van der Waals surface area contributed by atoms with E-state index in [1.807, 2.05) is 19.2 Å². The van der Waals surface area contributed by atoms with Crippen LogP contribution >= 0.6 is 15.9 Å². The van der Waals surface area contributed by atoms with Crippen molar-refractivity contribution in [3.05, 3.63) is 28.5 Å². The summed E-state index contributed by atoms with van der Waals surface area (Å²) in [6.45, 7) is 2.82. The maximum absolute atomic E-state index is 8.78. The lowest BCUT2D eigenvalue weighted by Gasteiger charge is -2.09. The van der Waals surface area contributed by atoms with E-state index in [1.165, 1.54) is 0 Å². The average Bonchev–Trinajstić information content (AvgIpc) is 2.14. The van der Waals surface area contributed by atoms with Crippen molar-refractivity contribution < 1.29 is 5.11 Å². The number of aliphatic hydroxyl groups excluding tert-OH is 1. The lowest BCUT2D eigenvalue weighted by atomic mass is 10.2. The Morgan fingerprint density at radius 3 is 3.00 bits per heavy atom. The van der Waals surface area contributed by atoms with Crippen molar-refractivity contribution in [2.75, 3.05) is 6.61 Å². The van der Waals surface area contributed by atoms with Gasteiger partial charge in [0.2, 0.25) is 0 Å². The number of hydrogen-bond donors (Lipinski definition) is 2. The van der Waals surface area contributed by atoms with Gasteiger partial charge in [-0.3, -0.25) is 4.98 Å². The monoisotopic (exact) mass is 244 g/mol. The van der Waals surface area contributed by atoms with E-state index in [0.29, 0.717) is 0 Å². The van der Waals surface area contributed by atoms with Crippen molar-refractivity contribution in [1.82, 2.24) is 10.3 Å². The molecular weight excluding hydrogens is 232 g/mol. The molecule has 3 nitrogen and oxygen atoms in total. The molecule has 13 heavy (non-hydrogen) atoms. The van der Waals surface area contributed by atoms with Gasteiger partial charge in [-0.2, -0.15) is 0 Å². The Morgan fingerprint density at radius 2 is 2.38 bits per heavy atom. The number of aromatic nitrogens is 1. The maximum Gasteiger partial charge on any atom is 0.0582 e. The molecule has 72 valence electrons. The standard InChI is InChI=1S/C9H13BrN2O/c1-7(6-13)12-4-8-2-9(10)5-11-3-8/h2-3,5,7,12-13H,4,6H2,1H3. The van der Waals surface area contributed by atoms with Crippen LogP contribution in [-0.2, 0) is 6.54 Å². The minimum absolute atomic E-state index is 0.124. The lowest BCUT2D eigenvalue weighted by Crippen LogP contribution is -2.28. The molecule has 1 unspecified atom stereocenters. The van der Waals surface area contributed by atoms with Gasteiger partial charge in [0.05, 0.1) is 6.61 Å². The van der Waals surface area contributed by atoms with Crippen LogP contribution in [0.5, 0.6) is 0 Å². The first-order valence-corrected chi connectivity index (χ1v) is 4.95. The predicted molar refractivity (Wildman–Crippen MR) is 55.3 cm³/mol. The Labute approximate surface area is 86.3 Å². The molecule has 1 heterocycles. The van der Waals surface area contributed by atoms with Gasteiger partial charge < -0.3 is 10.4 Å². The summed E-state index contributed by atoms with van der Waals surface area (Å²) in [6, 6.07) is 2.13. The molecule has 0 saturated carbocycles. The molecule has 1 aromatic rings. The first-order valence-electron chi connectivity index (χ1n) is 4.16. The second-order valence-electron chi connectivity index (χ2n) is 2.98. The Kier molecular flexibility index (Phi) is 4.35. The van der Waals surface area contributed by atoms with Gasteiger partial charge in [0.25, 0.3) is 0 Å². The molecule has 1 rings (SSSR count). The maximum atomic E-state index is 8.78. The highest BCUT2D eigenvalue weighted by atomic mass is 79.9. The first kappa shape index (κ1) is 10.6.